The Morgan fingerprint density at radius 3 is 2.76 bits per heavy atom. The first-order chi connectivity index (χ1) is 12.0. The Kier molecular flexibility index (Phi) is 4.66. The van der Waals surface area contributed by atoms with Crippen molar-refractivity contribution in [3.05, 3.63) is 53.1 Å². The number of fused-ring (bicyclic) bond motifs is 1. The van der Waals surface area contributed by atoms with Crippen LogP contribution in [0.3, 0.4) is 0 Å². The lowest BCUT2D eigenvalue weighted by Crippen LogP contribution is -2.35. The molecular weight excluding hydrogens is 338 g/mol. The molecule has 130 valence electrons. The second-order valence-corrected chi connectivity index (χ2v) is 7.66. The smallest absolute Gasteiger partial charge is 0.268 e. The zero-order chi connectivity index (χ0) is 18.0. The average Bonchev–Trinajstić information content (AvgIpc) is 2.66. The van der Waals surface area contributed by atoms with E-state index in [1.807, 2.05) is 24.3 Å². The van der Waals surface area contributed by atoms with Crippen LogP contribution in [-0.2, 0) is 23.0 Å². The first-order valence-corrected chi connectivity index (χ1v) is 9.38. The van der Waals surface area contributed by atoms with Crippen LogP contribution in [0.2, 0.25) is 0 Å². The summed E-state index contributed by atoms with van der Waals surface area (Å²) >= 11 is 0. The minimum atomic E-state index is -3.80. The van der Waals surface area contributed by atoms with Crippen LogP contribution < -0.4 is 14.8 Å². The molecule has 1 aliphatic heterocycles. The van der Waals surface area contributed by atoms with Gasteiger partial charge in [0.1, 0.15) is 10.6 Å². The van der Waals surface area contributed by atoms with Crippen molar-refractivity contribution >= 4 is 15.7 Å². The standard InChI is InChI=1S/C18H19N3O3S/c1-24-17-10-14(12-20)5-7-18(17)25(22,23)21-8-2-3-15-9-13(11-19)4-6-16(15)21/h4-7,9-10H,2-3,8,11,19H2,1H3. The highest BCUT2D eigenvalue weighted by Crippen LogP contribution is 2.35. The maximum absolute atomic E-state index is 13.2. The van der Waals surface area contributed by atoms with Gasteiger partial charge in [0.05, 0.1) is 24.4 Å². The second-order valence-electron chi connectivity index (χ2n) is 5.83. The minimum absolute atomic E-state index is 0.0600. The Morgan fingerprint density at radius 1 is 1.28 bits per heavy atom. The molecular formula is C18H19N3O3S. The molecule has 2 aromatic carbocycles. The van der Waals surface area contributed by atoms with Crippen molar-refractivity contribution in [1.29, 1.82) is 5.26 Å². The summed E-state index contributed by atoms with van der Waals surface area (Å²) in [6.45, 7) is 0.823. The number of nitrogens with two attached hydrogens (primary N) is 1. The van der Waals surface area contributed by atoms with E-state index in [-0.39, 0.29) is 10.6 Å². The van der Waals surface area contributed by atoms with Gasteiger partial charge < -0.3 is 10.5 Å². The van der Waals surface area contributed by atoms with Crippen LogP contribution in [-0.4, -0.2) is 22.1 Å². The van der Waals surface area contributed by atoms with Crippen LogP contribution in [0.25, 0.3) is 0 Å². The van der Waals surface area contributed by atoms with Gasteiger partial charge in [0.2, 0.25) is 0 Å². The van der Waals surface area contributed by atoms with Crippen LogP contribution in [0.5, 0.6) is 5.75 Å². The van der Waals surface area contributed by atoms with E-state index in [1.165, 1.54) is 29.6 Å². The number of methoxy groups -OCH3 is 1. The van der Waals surface area contributed by atoms with Gasteiger partial charge in [-0.05, 0) is 48.2 Å². The summed E-state index contributed by atoms with van der Waals surface area (Å²) in [4.78, 5) is 0.0600. The maximum Gasteiger partial charge on any atom is 0.268 e. The fraction of sp³-hybridized carbons (Fsp3) is 0.278. The number of aryl methyl sites for hydroxylation is 1. The van der Waals surface area contributed by atoms with E-state index in [4.69, 9.17) is 15.7 Å². The Hall–Kier alpha value is -2.56. The third kappa shape index (κ3) is 3.06. The normalized spacial score (nSPS) is 13.9. The number of anilines is 1. The van der Waals surface area contributed by atoms with Gasteiger partial charge in [-0.15, -0.1) is 0 Å². The molecule has 0 amide bonds. The van der Waals surface area contributed by atoms with Crippen LogP contribution in [0, 0.1) is 11.3 Å². The third-order valence-electron chi connectivity index (χ3n) is 4.32. The van der Waals surface area contributed by atoms with Crippen LogP contribution in [0.1, 0.15) is 23.1 Å². The van der Waals surface area contributed by atoms with E-state index in [0.29, 0.717) is 24.3 Å². The molecule has 2 aromatic rings. The highest BCUT2D eigenvalue weighted by molar-refractivity contribution is 7.93. The summed E-state index contributed by atoms with van der Waals surface area (Å²) in [5.41, 5.74) is 8.67. The number of sulfonamides is 1. The highest BCUT2D eigenvalue weighted by atomic mass is 32.2. The fourth-order valence-corrected chi connectivity index (χ4v) is 4.74. The van der Waals surface area contributed by atoms with Gasteiger partial charge in [-0.2, -0.15) is 5.26 Å². The largest absolute Gasteiger partial charge is 0.495 e. The summed E-state index contributed by atoms with van der Waals surface area (Å²) in [5, 5.41) is 9.00. The van der Waals surface area contributed by atoms with Crippen molar-refractivity contribution in [2.45, 2.75) is 24.3 Å². The van der Waals surface area contributed by atoms with E-state index < -0.39 is 10.0 Å². The zero-order valence-electron chi connectivity index (χ0n) is 13.9. The van der Waals surface area contributed by atoms with E-state index in [0.717, 1.165) is 24.0 Å². The quantitative estimate of drug-likeness (QED) is 0.904. The third-order valence-corrected chi connectivity index (χ3v) is 6.17. The SMILES string of the molecule is COc1cc(C#N)ccc1S(=O)(=O)N1CCCc2cc(CN)ccc21. The summed E-state index contributed by atoms with van der Waals surface area (Å²) in [6.07, 6.45) is 1.55. The molecule has 0 spiro atoms. The molecule has 0 atom stereocenters. The number of benzene rings is 2. The lowest BCUT2D eigenvalue weighted by Gasteiger charge is -2.31. The molecule has 25 heavy (non-hydrogen) atoms. The van der Waals surface area contributed by atoms with E-state index >= 15 is 0 Å². The van der Waals surface area contributed by atoms with Crippen molar-refractivity contribution in [1.82, 2.24) is 0 Å². The topological polar surface area (TPSA) is 96.4 Å². The fourth-order valence-electron chi connectivity index (χ4n) is 3.06. The van der Waals surface area contributed by atoms with Crippen molar-refractivity contribution in [2.24, 2.45) is 5.73 Å². The number of hydrogen-bond donors (Lipinski definition) is 1. The van der Waals surface area contributed by atoms with Crippen molar-refractivity contribution in [3.8, 4) is 11.8 Å². The Morgan fingerprint density at radius 2 is 2.08 bits per heavy atom. The number of nitriles is 1. The molecule has 2 N–H and O–H groups in total. The lowest BCUT2D eigenvalue weighted by atomic mass is 10.0. The summed E-state index contributed by atoms with van der Waals surface area (Å²) < 4.78 is 33.1. The molecule has 1 heterocycles. The Balaban J connectivity index is 2.10. The first kappa shape index (κ1) is 17.3. The summed E-state index contributed by atoms with van der Waals surface area (Å²) in [5.74, 6) is 0.171. The molecule has 0 bridgehead atoms. The van der Waals surface area contributed by atoms with E-state index in [2.05, 4.69) is 0 Å². The van der Waals surface area contributed by atoms with Crippen LogP contribution in [0.15, 0.2) is 41.3 Å². The number of ether oxygens (including phenoxy) is 1. The molecule has 0 fully saturated rings. The van der Waals surface area contributed by atoms with Gasteiger partial charge in [-0.25, -0.2) is 8.42 Å². The first-order valence-electron chi connectivity index (χ1n) is 7.94. The van der Waals surface area contributed by atoms with Gasteiger partial charge >= 0.3 is 0 Å². The molecule has 1 aliphatic rings. The Bertz CT molecular complexity index is 949. The highest BCUT2D eigenvalue weighted by Gasteiger charge is 2.31. The molecule has 0 unspecified atom stereocenters. The number of nitrogens with zero attached hydrogens (tertiary/aromatic N) is 2. The van der Waals surface area contributed by atoms with Gasteiger partial charge in [-0.3, -0.25) is 4.31 Å². The lowest BCUT2D eigenvalue weighted by molar-refractivity contribution is 0.402. The summed E-state index contributed by atoms with van der Waals surface area (Å²) in [7, 11) is -2.40. The van der Waals surface area contributed by atoms with E-state index in [9.17, 15) is 8.42 Å². The molecule has 7 heteroatoms. The van der Waals surface area contributed by atoms with Gasteiger partial charge in [0, 0.05) is 13.1 Å². The van der Waals surface area contributed by atoms with E-state index in [1.54, 1.807) is 0 Å². The number of rotatable bonds is 4. The van der Waals surface area contributed by atoms with Crippen molar-refractivity contribution in [3.63, 3.8) is 0 Å². The molecule has 0 saturated heterocycles. The predicted octanol–water partition coefficient (Wildman–Crippen LogP) is 2.17. The van der Waals surface area contributed by atoms with Gasteiger partial charge in [0.25, 0.3) is 10.0 Å². The molecule has 3 rings (SSSR count). The molecule has 0 radical (unpaired) electrons. The second kappa shape index (κ2) is 6.75. The predicted molar refractivity (Wildman–Crippen MR) is 94.9 cm³/mol. The average molecular weight is 357 g/mol. The molecule has 0 aliphatic carbocycles. The molecule has 0 saturated carbocycles. The zero-order valence-corrected chi connectivity index (χ0v) is 14.7. The van der Waals surface area contributed by atoms with Crippen LogP contribution in [0.4, 0.5) is 5.69 Å². The minimum Gasteiger partial charge on any atom is -0.495 e. The summed E-state index contributed by atoms with van der Waals surface area (Å²) in [6, 6.07) is 12.0. The van der Waals surface area contributed by atoms with Crippen molar-refractivity contribution in [2.75, 3.05) is 18.0 Å². The van der Waals surface area contributed by atoms with Gasteiger partial charge in [0.15, 0.2) is 0 Å². The Labute approximate surface area is 147 Å². The van der Waals surface area contributed by atoms with Crippen molar-refractivity contribution < 1.29 is 13.2 Å². The molecule has 0 aromatic heterocycles. The molecule has 6 nitrogen and oxygen atoms in total. The monoisotopic (exact) mass is 357 g/mol. The van der Waals surface area contributed by atoms with Crippen LogP contribution >= 0.6 is 0 Å². The van der Waals surface area contributed by atoms with Gasteiger partial charge in [-0.1, -0.05) is 12.1 Å². The maximum atomic E-state index is 13.2. The number of hydrogen-bond acceptors (Lipinski definition) is 5.